The number of halogens is 2. The van der Waals surface area contributed by atoms with Gasteiger partial charge in [-0.25, -0.2) is 4.39 Å². The van der Waals surface area contributed by atoms with Crippen LogP contribution in [0.5, 0.6) is 11.5 Å². The van der Waals surface area contributed by atoms with Gasteiger partial charge in [0.25, 0.3) is 5.91 Å². The van der Waals surface area contributed by atoms with Crippen LogP contribution in [0.4, 0.5) is 10.1 Å². The number of benzene rings is 2. The summed E-state index contributed by atoms with van der Waals surface area (Å²) in [5.74, 6) is -2.86. The SMILES string of the molecule is COc1cc(F)c(OC2CCC(C(=O)O)CC2)cc1C(=O)N[C@@H]1[C@H]2CC[C@H](C2)[C@@H]1C(=O)Nc1ccc(C#N)c(Br)c1. The van der Waals surface area contributed by atoms with E-state index in [0.717, 1.165) is 25.3 Å². The Bertz CT molecular complexity index is 1400. The summed E-state index contributed by atoms with van der Waals surface area (Å²) in [6.07, 6.45) is 4.10. The standard InChI is InChI=1S/C30H31BrFN3O6/c1-40-24-13-23(32)25(41-20-8-5-15(6-9-20)30(38)39)12-21(24)28(36)35-27-17-3-2-16(10-17)26(27)29(37)34-19-7-4-18(14-33)22(31)11-19/h4,7,11-13,15-17,20,26-27H,2-3,5-6,8-10H2,1H3,(H,34,37)(H,35,36)(H,38,39)/t15?,16-,17+,20?,26+,27-/m1/s1. The minimum absolute atomic E-state index is 0.0496. The van der Waals surface area contributed by atoms with E-state index in [-0.39, 0.29) is 40.9 Å². The van der Waals surface area contributed by atoms with Crippen LogP contribution in [0.25, 0.3) is 0 Å². The molecule has 0 heterocycles. The highest BCUT2D eigenvalue weighted by molar-refractivity contribution is 9.10. The Morgan fingerprint density at radius 2 is 1.78 bits per heavy atom. The van der Waals surface area contributed by atoms with Crippen LogP contribution in [-0.2, 0) is 9.59 Å². The summed E-state index contributed by atoms with van der Waals surface area (Å²) in [6, 6.07) is 9.06. The zero-order chi connectivity index (χ0) is 29.3. The first-order valence-corrected chi connectivity index (χ1v) is 14.6. The average molecular weight is 628 g/mol. The van der Waals surface area contributed by atoms with Gasteiger partial charge in [0.15, 0.2) is 11.6 Å². The Hall–Kier alpha value is -3.65. The summed E-state index contributed by atoms with van der Waals surface area (Å²) in [6.45, 7) is 0. The van der Waals surface area contributed by atoms with E-state index in [1.54, 1.807) is 18.2 Å². The third kappa shape index (κ3) is 6.03. The Labute approximate surface area is 245 Å². The first-order chi connectivity index (χ1) is 19.7. The third-order valence-electron chi connectivity index (χ3n) is 8.69. The maximum atomic E-state index is 14.9. The smallest absolute Gasteiger partial charge is 0.306 e. The summed E-state index contributed by atoms with van der Waals surface area (Å²) >= 11 is 3.34. The van der Waals surface area contributed by atoms with Crippen LogP contribution in [0.3, 0.4) is 0 Å². The fourth-order valence-electron chi connectivity index (χ4n) is 6.59. The molecule has 3 aliphatic rings. The predicted molar refractivity (Wildman–Crippen MR) is 150 cm³/mol. The highest BCUT2D eigenvalue weighted by atomic mass is 79.9. The Morgan fingerprint density at radius 3 is 2.44 bits per heavy atom. The van der Waals surface area contributed by atoms with Crippen molar-refractivity contribution in [3.05, 3.63) is 51.7 Å². The van der Waals surface area contributed by atoms with Gasteiger partial charge in [-0.3, -0.25) is 14.4 Å². The van der Waals surface area contributed by atoms with Crippen molar-refractivity contribution in [1.82, 2.24) is 5.32 Å². The molecule has 0 spiro atoms. The van der Waals surface area contributed by atoms with Crippen LogP contribution >= 0.6 is 15.9 Å². The summed E-state index contributed by atoms with van der Waals surface area (Å²) in [5.41, 5.74) is 1.10. The van der Waals surface area contributed by atoms with Crippen molar-refractivity contribution in [3.63, 3.8) is 0 Å². The fourth-order valence-corrected chi connectivity index (χ4v) is 7.06. The van der Waals surface area contributed by atoms with Crippen molar-refractivity contribution < 1.29 is 33.4 Å². The fraction of sp³-hybridized carbons (Fsp3) is 0.467. The number of carboxylic acids is 1. The molecule has 0 saturated heterocycles. The van der Waals surface area contributed by atoms with E-state index in [0.29, 0.717) is 41.4 Å². The van der Waals surface area contributed by atoms with Gasteiger partial charge in [0, 0.05) is 22.3 Å². The highest BCUT2D eigenvalue weighted by Gasteiger charge is 2.51. The van der Waals surface area contributed by atoms with Crippen LogP contribution in [0.15, 0.2) is 34.8 Å². The number of ether oxygens (including phenoxy) is 2. The molecular weight excluding hydrogens is 597 g/mol. The number of hydrogen-bond donors (Lipinski definition) is 3. The molecule has 0 unspecified atom stereocenters. The zero-order valence-corrected chi connectivity index (χ0v) is 24.1. The molecule has 9 nitrogen and oxygen atoms in total. The summed E-state index contributed by atoms with van der Waals surface area (Å²) < 4.78 is 26.7. The number of nitriles is 1. The zero-order valence-electron chi connectivity index (χ0n) is 22.5. The molecule has 216 valence electrons. The second kappa shape index (κ2) is 12.1. The molecular formula is C30H31BrFN3O6. The number of carbonyl (C=O) groups excluding carboxylic acids is 2. The predicted octanol–water partition coefficient (Wildman–Crippen LogP) is 5.27. The van der Waals surface area contributed by atoms with Crippen LogP contribution in [0.2, 0.25) is 0 Å². The molecule has 0 aliphatic heterocycles. The van der Waals surface area contributed by atoms with Crippen molar-refractivity contribution in [2.75, 3.05) is 12.4 Å². The summed E-state index contributed by atoms with van der Waals surface area (Å²) in [4.78, 5) is 38.3. The first kappa shape index (κ1) is 28.9. The second-order valence-electron chi connectivity index (χ2n) is 11.1. The van der Waals surface area contributed by atoms with E-state index >= 15 is 0 Å². The van der Waals surface area contributed by atoms with Gasteiger partial charge >= 0.3 is 5.97 Å². The van der Waals surface area contributed by atoms with E-state index in [1.165, 1.54) is 13.2 Å². The molecule has 0 aromatic heterocycles. The minimum atomic E-state index is -0.838. The molecule has 2 bridgehead atoms. The quantitative estimate of drug-likeness (QED) is 0.362. The molecule has 3 N–H and O–H groups in total. The summed E-state index contributed by atoms with van der Waals surface area (Å²) in [7, 11) is 1.35. The Balaban J connectivity index is 1.31. The van der Waals surface area contributed by atoms with Gasteiger partial charge in [0.2, 0.25) is 5.91 Å². The van der Waals surface area contributed by atoms with Gasteiger partial charge in [-0.05, 0) is 97.0 Å². The van der Waals surface area contributed by atoms with Crippen LogP contribution < -0.4 is 20.1 Å². The Morgan fingerprint density at radius 1 is 1.05 bits per heavy atom. The number of hydrogen-bond acceptors (Lipinski definition) is 6. The van der Waals surface area contributed by atoms with Gasteiger partial charge in [-0.1, -0.05) is 0 Å². The normalized spacial score (nSPS) is 26.6. The molecule has 3 aliphatic carbocycles. The van der Waals surface area contributed by atoms with Crippen LogP contribution in [0.1, 0.15) is 60.9 Å². The van der Waals surface area contributed by atoms with Crippen molar-refractivity contribution in [3.8, 4) is 17.6 Å². The van der Waals surface area contributed by atoms with Crippen LogP contribution in [0, 0.1) is 40.8 Å². The maximum Gasteiger partial charge on any atom is 0.306 e. The van der Waals surface area contributed by atoms with Gasteiger partial charge in [-0.2, -0.15) is 5.26 Å². The molecule has 0 radical (unpaired) electrons. The number of anilines is 1. The van der Waals surface area contributed by atoms with E-state index in [1.807, 2.05) is 0 Å². The largest absolute Gasteiger partial charge is 0.496 e. The van der Waals surface area contributed by atoms with Crippen molar-refractivity contribution >= 4 is 39.4 Å². The van der Waals surface area contributed by atoms with Gasteiger partial charge < -0.3 is 25.2 Å². The van der Waals surface area contributed by atoms with Crippen molar-refractivity contribution in [2.45, 2.75) is 57.1 Å². The van der Waals surface area contributed by atoms with E-state index in [9.17, 15) is 23.9 Å². The van der Waals surface area contributed by atoms with Crippen molar-refractivity contribution in [2.24, 2.45) is 23.7 Å². The number of carboxylic acid groups (broad SMARTS) is 1. The molecule has 41 heavy (non-hydrogen) atoms. The lowest BCUT2D eigenvalue weighted by molar-refractivity contribution is -0.143. The topological polar surface area (TPSA) is 138 Å². The molecule has 5 rings (SSSR count). The van der Waals surface area contributed by atoms with Crippen molar-refractivity contribution in [1.29, 1.82) is 5.26 Å². The molecule has 2 aromatic carbocycles. The highest BCUT2D eigenvalue weighted by Crippen LogP contribution is 2.49. The molecule has 3 saturated carbocycles. The lowest BCUT2D eigenvalue weighted by Crippen LogP contribution is -2.48. The molecule has 4 atom stereocenters. The third-order valence-corrected chi connectivity index (χ3v) is 9.35. The molecule has 2 aromatic rings. The van der Waals surface area contributed by atoms with E-state index < -0.39 is 35.6 Å². The molecule has 2 amide bonds. The second-order valence-corrected chi connectivity index (χ2v) is 11.9. The number of fused-ring (bicyclic) bond motifs is 2. The Kier molecular flexibility index (Phi) is 8.50. The first-order valence-electron chi connectivity index (χ1n) is 13.8. The monoisotopic (exact) mass is 627 g/mol. The maximum absolute atomic E-state index is 14.9. The molecule has 3 fully saturated rings. The average Bonchev–Trinajstić information content (AvgIpc) is 3.56. The van der Waals surface area contributed by atoms with E-state index in [4.69, 9.17) is 14.7 Å². The number of amides is 2. The van der Waals surface area contributed by atoms with Crippen LogP contribution in [-0.4, -0.2) is 42.1 Å². The number of nitrogens with zero attached hydrogens (tertiary/aromatic N) is 1. The molecule has 11 heteroatoms. The number of nitrogens with one attached hydrogen (secondary N) is 2. The van der Waals surface area contributed by atoms with E-state index in [2.05, 4.69) is 32.6 Å². The van der Waals surface area contributed by atoms with Gasteiger partial charge in [0.05, 0.1) is 36.2 Å². The number of aliphatic carboxylic acids is 1. The number of methoxy groups -OCH3 is 1. The van der Waals surface area contributed by atoms with Gasteiger partial charge in [0.1, 0.15) is 11.8 Å². The minimum Gasteiger partial charge on any atom is -0.496 e. The number of rotatable bonds is 8. The summed E-state index contributed by atoms with van der Waals surface area (Å²) in [5, 5.41) is 24.4. The number of carbonyl (C=O) groups is 3. The lowest BCUT2D eigenvalue weighted by atomic mass is 9.83. The lowest BCUT2D eigenvalue weighted by Gasteiger charge is -2.31. The van der Waals surface area contributed by atoms with Gasteiger partial charge in [-0.15, -0.1) is 0 Å².